The van der Waals surface area contributed by atoms with Crippen LogP contribution in [0.5, 0.6) is 0 Å². The average molecular weight is 415 g/mol. The molecule has 6 heteroatoms. The molecule has 0 spiro atoms. The highest BCUT2D eigenvalue weighted by Crippen LogP contribution is 2.20. The van der Waals surface area contributed by atoms with Gasteiger partial charge in [-0.15, -0.1) is 0 Å². The van der Waals surface area contributed by atoms with E-state index in [-0.39, 0.29) is 17.9 Å². The summed E-state index contributed by atoms with van der Waals surface area (Å²) in [6.45, 7) is 0.550. The largest absolute Gasteiger partial charge is 0.389 e. The summed E-state index contributed by atoms with van der Waals surface area (Å²) in [4.78, 5) is 30.8. The lowest BCUT2D eigenvalue weighted by atomic mass is 9.99. The normalized spacial score (nSPS) is 18.3. The molecule has 1 unspecified atom stereocenters. The number of aliphatic hydroxyl groups is 1. The Morgan fingerprint density at radius 1 is 1.33 bits per heavy atom. The van der Waals surface area contributed by atoms with Crippen LogP contribution in [0.25, 0.3) is 0 Å². The van der Waals surface area contributed by atoms with E-state index in [4.69, 9.17) is 4.84 Å². The second-order valence-electron chi connectivity index (χ2n) is 7.59. The summed E-state index contributed by atoms with van der Waals surface area (Å²) in [5.41, 5.74) is 1.09. The van der Waals surface area contributed by atoms with Gasteiger partial charge in [0, 0.05) is 32.9 Å². The molecule has 1 fully saturated rings. The molecule has 6 nitrogen and oxygen atoms in total. The third-order valence-electron chi connectivity index (χ3n) is 5.31. The number of piperidine rings is 1. The summed E-state index contributed by atoms with van der Waals surface area (Å²) in [6, 6.07) is 9.90. The molecular formula is C24H34N2O4. The van der Waals surface area contributed by atoms with Crippen LogP contribution in [0, 0.1) is 0 Å². The fourth-order valence-corrected chi connectivity index (χ4v) is 3.50. The van der Waals surface area contributed by atoms with E-state index >= 15 is 0 Å². The number of carbonyl (C=O) groups excluding carboxylic acids is 2. The molecule has 2 amide bonds. The van der Waals surface area contributed by atoms with Crippen molar-refractivity contribution in [2.75, 3.05) is 20.7 Å². The van der Waals surface area contributed by atoms with Crippen LogP contribution in [-0.2, 0) is 20.8 Å². The van der Waals surface area contributed by atoms with Gasteiger partial charge in [-0.05, 0) is 31.2 Å². The van der Waals surface area contributed by atoms with Crippen LogP contribution < -0.4 is 0 Å². The predicted octanol–water partition coefficient (Wildman–Crippen LogP) is 3.27. The van der Waals surface area contributed by atoms with E-state index in [1.54, 1.807) is 7.05 Å². The maximum Gasteiger partial charge on any atom is 0.245 e. The van der Waals surface area contributed by atoms with Gasteiger partial charge in [0.2, 0.25) is 11.8 Å². The summed E-state index contributed by atoms with van der Waals surface area (Å²) >= 11 is 0. The Balaban J connectivity index is 1.80. The number of nitrogens with zero attached hydrogens (tertiary/aromatic N) is 2. The maximum atomic E-state index is 12.4. The van der Waals surface area contributed by atoms with E-state index in [0.717, 1.165) is 31.2 Å². The number of amides is 2. The number of unbranched alkanes of at least 4 members (excludes halogenated alkanes) is 1. The number of hydrogen-bond acceptors (Lipinski definition) is 4. The van der Waals surface area contributed by atoms with Gasteiger partial charge in [-0.2, -0.15) is 0 Å². The van der Waals surface area contributed by atoms with Gasteiger partial charge in [-0.3, -0.25) is 14.4 Å². The van der Waals surface area contributed by atoms with Crippen molar-refractivity contribution in [3.05, 3.63) is 60.2 Å². The zero-order valence-electron chi connectivity index (χ0n) is 18.1. The van der Waals surface area contributed by atoms with E-state index in [2.05, 4.69) is 0 Å². The molecule has 0 bridgehead atoms. The molecule has 30 heavy (non-hydrogen) atoms. The van der Waals surface area contributed by atoms with Crippen LogP contribution in [0.4, 0.5) is 0 Å². The first-order valence-electron chi connectivity index (χ1n) is 10.7. The van der Waals surface area contributed by atoms with Crippen LogP contribution in [-0.4, -0.2) is 59.7 Å². The Labute approximate surface area is 179 Å². The van der Waals surface area contributed by atoms with Crippen molar-refractivity contribution in [1.82, 2.24) is 9.96 Å². The number of carbonyl (C=O) groups is 2. The summed E-state index contributed by atoms with van der Waals surface area (Å²) in [5.74, 6) is 0.103. The fourth-order valence-electron chi connectivity index (χ4n) is 3.50. The molecule has 0 aliphatic carbocycles. The van der Waals surface area contributed by atoms with E-state index in [1.165, 1.54) is 12.2 Å². The van der Waals surface area contributed by atoms with Crippen molar-refractivity contribution >= 4 is 11.8 Å². The first kappa shape index (κ1) is 23.8. The monoisotopic (exact) mass is 414 g/mol. The molecule has 2 atom stereocenters. The zero-order valence-corrected chi connectivity index (χ0v) is 18.1. The van der Waals surface area contributed by atoms with Crippen molar-refractivity contribution in [3.63, 3.8) is 0 Å². The van der Waals surface area contributed by atoms with Gasteiger partial charge in [-0.1, -0.05) is 54.6 Å². The molecule has 0 saturated carbocycles. The Hall–Kier alpha value is -2.44. The molecule has 1 heterocycles. The Kier molecular flexibility index (Phi) is 10.3. The first-order chi connectivity index (χ1) is 14.5. The minimum atomic E-state index is -0.565. The van der Waals surface area contributed by atoms with Gasteiger partial charge < -0.3 is 10.0 Å². The minimum Gasteiger partial charge on any atom is -0.389 e. The van der Waals surface area contributed by atoms with Gasteiger partial charge >= 0.3 is 0 Å². The maximum absolute atomic E-state index is 12.4. The third kappa shape index (κ3) is 8.13. The molecular weight excluding hydrogens is 380 g/mol. The Bertz CT molecular complexity index is 717. The van der Waals surface area contributed by atoms with E-state index in [9.17, 15) is 14.7 Å². The molecule has 0 radical (unpaired) electrons. The highest BCUT2D eigenvalue weighted by molar-refractivity contribution is 5.77. The van der Waals surface area contributed by atoms with Crippen LogP contribution in [0.3, 0.4) is 0 Å². The van der Waals surface area contributed by atoms with Crippen molar-refractivity contribution in [3.8, 4) is 0 Å². The van der Waals surface area contributed by atoms with Crippen LogP contribution in [0.1, 0.15) is 44.1 Å². The number of aliphatic hydroxyl groups excluding tert-OH is 1. The number of allylic oxidation sites excluding steroid dienone is 1. The fraction of sp³-hybridized carbons (Fsp3) is 0.500. The van der Waals surface area contributed by atoms with Crippen molar-refractivity contribution in [1.29, 1.82) is 0 Å². The summed E-state index contributed by atoms with van der Waals surface area (Å²) in [5, 5.41) is 11.6. The van der Waals surface area contributed by atoms with Crippen LogP contribution in [0.2, 0.25) is 0 Å². The smallest absolute Gasteiger partial charge is 0.245 e. The van der Waals surface area contributed by atoms with Gasteiger partial charge in [0.05, 0.1) is 19.3 Å². The van der Waals surface area contributed by atoms with Crippen LogP contribution >= 0.6 is 0 Å². The summed E-state index contributed by atoms with van der Waals surface area (Å²) in [6.07, 6.45) is 12.1. The molecule has 164 valence electrons. The quantitative estimate of drug-likeness (QED) is 0.343. The third-order valence-corrected chi connectivity index (χ3v) is 5.31. The molecule has 0 aromatic heterocycles. The first-order valence-corrected chi connectivity index (χ1v) is 10.7. The van der Waals surface area contributed by atoms with Gasteiger partial charge in [0.15, 0.2) is 0 Å². The molecule has 1 aliphatic heterocycles. The SMILES string of the molecule is CON(C)C(=O)CCC/C=C\CN1C(=O)CCC[C@@H]1/C=C/C(O)Cc1ccccc1. The number of likely N-dealkylation sites (tertiary alicyclic amines) is 1. The molecule has 1 aliphatic rings. The van der Waals surface area contributed by atoms with E-state index in [1.807, 2.05) is 59.5 Å². The van der Waals surface area contributed by atoms with Gasteiger partial charge in [-0.25, -0.2) is 5.06 Å². The highest BCUT2D eigenvalue weighted by atomic mass is 16.7. The Morgan fingerprint density at radius 3 is 2.83 bits per heavy atom. The van der Waals surface area contributed by atoms with Crippen LogP contribution in [0.15, 0.2) is 54.6 Å². The summed E-state index contributed by atoms with van der Waals surface area (Å²) < 4.78 is 0. The second-order valence-corrected chi connectivity index (χ2v) is 7.59. The van der Waals surface area contributed by atoms with Gasteiger partial charge in [0.25, 0.3) is 0 Å². The predicted molar refractivity (Wildman–Crippen MR) is 117 cm³/mol. The van der Waals surface area contributed by atoms with Crippen molar-refractivity contribution in [2.24, 2.45) is 0 Å². The second kappa shape index (κ2) is 13.0. The average Bonchev–Trinajstić information content (AvgIpc) is 2.75. The molecule has 1 saturated heterocycles. The van der Waals surface area contributed by atoms with Crippen molar-refractivity contribution in [2.45, 2.75) is 57.1 Å². The highest BCUT2D eigenvalue weighted by Gasteiger charge is 2.25. The number of rotatable bonds is 11. The zero-order chi connectivity index (χ0) is 21.8. The molecule has 2 rings (SSSR count). The molecule has 1 N–H and O–H groups in total. The molecule has 1 aromatic carbocycles. The Morgan fingerprint density at radius 2 is 2.10 bits per heavy atom. The lowest BCUT2D eigenvalue weighted by molar-refractivity contribution is -0.168. The number of hydroxylamine groups is 2. The topological polar surface area (TPSA) is 70.1 Å². The summed E-state index contributed by atoms with van der Waals surface area (Å²) in [7, 11) is 3.07. The van der Waals surface area contributed by atoms with E-state index in [0.29, 0.717) is 25.8 Å². The van der Waals surface area contributed by atoms with Crippen molar-refractivity contribution < 1.29 is 19.5 Å². The van der Waals surface area contributed by atoms with E-state index < -0.39 is 6.10 Å². The standard InChI is InChI=1S/C24H34N2O4/c1-25(30-2)23(28)14-8-3-4-9-18-26-21(13-10-15-24(26)29)16-17-22(27)19-20-11-6-5-7-12-20/h4-7,9,11-12,16-17,21-22,27H,3,8,10,13-15,18-19H2,1-2H3/b9-4-,17-16+/t21-,22?/m1/s1. The lowest BCUT2D eigenvalue weighted by Gasteiger charge is -2.33. The minimum absolute atomic E-state index is 0.0123. The number of hydrogen-bond donors (Lipinski definition) is 1. The number of benzene rings is 1. The lowest BCUT2D eigenvalue weighted by Crippen LogP contribution is -2.42. The van der Waals surface area contributed by atoms with Gasteiger partial charge in [0.1, 0.15) is 0 Å². The molecule has 1 aromatic rings.